The molecule has 0 fully saturated rings. The molecule has 0 amide bonds. The molecule has 0 N–H and O–H groups in total. The van der Waals surface area contributed by atoms with Crippen molar-refractivity contribution in [3.05, 3.63) is 95.1 Å². The van der Waals surface area contributed by atoms with Gasteiger partial charge in [-0.1, -0.05) is 36.4 Å². The summed E-state index contributed by atoms with van der Waals surface area (Å²) in [4.78, 5) is 5.83. The Labute approximate surface area is 196 Å². The van der Waals surface area contributed by atoms with Crippen LogP contribution < -0.4 is 4.90 Å². The molecule has 1 aliphatic rings. The monoisotopic (exact) mass is 463 g/mol. The molecular weight excluding hydrogens is 434 g/mol. The van der Waals surface area contributed by atoms with Crippen LogP contribution in [0.5, 0.6) is 0 Å². The summed E-state index contributed by atoms with van der Waals surface area (Å²) < 4.78 is 31.8. The number of aromatic nitrogens is 1. The average Bonchev–Trinajstić information content (AvgIpc) is 3.13. The predicted molar refractivity (Wildman–Crippen MR) is 131 cm³/mol. The third-order valence-corrected chi connectivity index (χ3v) is 8.12. The van der Waals surface area contributed by atoms with Crippen molar-refractivity contribution < 1.29 is 8.42 Å². The summed E-state index contributed by atoms with van der Waals surface area (Å²) in [5.74, 6) is 0. The molecule has 0 spiro atoms. The second-order valence-corrected chi connectivity index (χ2v) is 10.7. The van der Waals surface area contributed by atoms with Gasteiger partial charge in [0.05, 0.1) is 13.1 Å². The topological polar surface area (TPSA) is 53.2 Å². The molecule has 1 aromatic heterocycles. The van der Waals surface area contributed by atoms with E-state index in [0.29, 0.717) is 25.2 Å². The smallest absolute Gasteiger partial charge is 0.282 e. The first-order chi connectivity index (χ1) is 15.8. The van der Waals surface area contributed by atoms with Crippen molar-refractivity contribution in [3.63, 3.8) is 0 Å². The van der Waals surface area contributed by atoms with Crippen molar-refractivity contribution in [2.24, 2.45) is 7.05 Å². The van der Waals surface area contributed by atoms with Crippen LogP contribution in [-0.4, -0.2) is 48.3 Å². The fourth-order valence-electron chi connectivity index (χ4n) is 4.36. The summed E-state index contributed by atoms with van der Waals surface area (Å²) in [6.45, 7) is 8.86. The van der Waals surface area contributed by atoms with Gasteiger partial charge in [-0.3, -0.25) is 0 Å². The lowest BCUT2D eigenvalue weighted by molar-refractivity contribution is 0.297. The molecule has 7 nitrogen and oxygen atoms in total. The van der Waals surface area contributed by atoms with Crippen LogP contribution in [-0.2, 0) is 36.8 Å². The van der Waals surface area contributed by atoms with E-state index in [9.17, 15) is 8.42 Å². The number of nitrogens with zero attached hydrogens (tertiary/aromatic N) is 5. The molecule has 0 unspecified atom stereocenters. The molecule has 0 saturated carbocycles. The third-order valence-electron chi connectivity index (χ3n) is 6.17. The largest absolute Gasteiger partial charge is 0.364 e. The maximum absolute atomic E-state index is 13.4. The Morgan fingerprint density at radius 2 is 1.85 bits per heavy atom. The van der Waals surface area contributed by atoms with Crippen LogP contribution >= 0.6 is 0 Å². The Morgan fingerprint density at radius 1 is 1.09 bits per heavy atom. The summed E-state index contributed by atoms with van der Waals surface area (Å²) in [5, 5.41) is 0. The van der Waals surface area contributed by atoms with Crippen LogP contribution in [0.25, 0.3) is 4.85 Å². The Hall–Kier alpha value is -3.12. The minimum atomic E-state index is -3.69. The Bertz CT molecular complexity index is 1260. The van der Waals surface area contributed by atoms with Gasteiger partial charge in [0.2, 0.25) is 0 Å². The number of fused-ring (bicyclic) bond motifs is 1. The van der Waals surface area contributed by atoms with Crippen LogP contribution in [0.2, 0.25) is 0 Å². The summed E-state index contributed by atoms with van der Waals surface area (Å²) in [7, 11) is 1.46. The molecule has 0 saturated heterocycles. The molecule has 0 radical (unpaired) electrons. The first-order valence-corrected chi connectivity index (χ1v) is 12.3. The van der Waals surface area contributed by atoms with Crippen LogP contribution in [0.4, 0.5) is 11.4 Å². The fraction of sp³-hybridized carbons (Fsp3) is 0.320. The van der Waals surface area contributed by atoms with Gasteiger partial charge in [0.15, 0.2) is 5.69 Å². The van der Waals surface area contributed by atoms with Gasteiger partial charge in [-0.15, -0.1) is 0 Å². The van der Waals surface area contributed by atoms with E-state index < -0.39 is 10.2 Å². The first kappa shape index (κ1) is 23.1. The first-order valence-electron chi connectivity index (χ1n) is 10.9. The highest BCUT2D eigenvalue weighted by Crippen LogP contribution is 2.34. The SMILES string of the molecule is [C-]#[N+]c1ccc2c(c1)CN(S(=O)(=O)N(C)C)[C@H](Cc1ccccc1)CN2Cc1cccn1C. The number of rotatable bonds is 6. The van der Waals surface area contributed by atoms with Gasteiger partial charge in [-0.2, -0.15) is 17.0 Å². The van der Waals surface area contributed by atoms with E-state index in [1.54, 1.807) is 18.4 Å². The van der Waals surface area contributed by atoms with Crippen molar-refractivity contribution in [3.8, 4) is 0 Å². The van der Waals surface area contributed by atoms with Crippen LogP contribution in [0, 0.1) is 6.57 Å². The summed E-state index contributed by atoms with van der Waals surface area (Å²) >= 11 is 0. The lowest BCUT2D eigenvalue weighted by atomic mass is 10.1. The molecule has 33 heavy (non-hydrogen) atoms. The predicted octanol–water partition coefficient (Wildman–Crippen LogP) is 3.82. The molecule has 172 valence electrons. The quantitative estimate of drug-likeness (QED) is 0.523. The maximum Gasteiger partial charge on any atom is 0.282 e. The highest BCUT2D eigenvalue weighted by molar-refractivity contribution is 7.86. The molecular formula is C25H29N5O2S. The molecule has 2 heterocycles. The molecule has 4 rings (SSSR count). The molecule has 0 bridgehead atoms. The maximum atomic E-state index is 13.4. The average molecular weight is 464 g/mol. The Kier molecular flexibility index (Phi) is 6.56. The third kappa shape index (κ3) is 4.81. The summed E-state index contributed by atoms with van der Waals surface area (Å²) in [6.07, 6.45) is 2.61. The highest BCUT2D eigenvalue weighted by Gasteiger charge is 2.36. The lowest BCUT2D eigenvalue weighted by Crippen LogP contribution is -2.49. The van der Waals surface area contributed by atoms with Gasteiger partial charge < -0.3 is 9.47 Å². The van der Waals surface area contributed by atoms with Crippen LogP contribution in [0.15, 0.2) is 66.9 Å². The number of hydrogen-bond acceptors (Lipinski definition) is 3. The summed E-state index contributed by atoms with van der Waals surface area (Å²) in [6, 6.07) is 19.4. The van der Waals surface area contributed by atoms with Crippen molar-refractivity contribution >= 4 is 21.6 Å². The van der Waals surface area contributed by atoms with Gasteiger partial charge >= 0.3 is 0 Å². The second-order valence-electron chi connectivity index (χ2n) is 8.59. The molecule has 1 atom stereocenters. The van der Waals surface area contributed by atoms with Gasteiger partial charge in [0.1, 0.15) is 0 Å². The van der Waals surface area contributed by atoms with E-state index in [2.05, 4.69) is 20.4 Å². The molecule has 8 heteroatoms. The number of aryl methyl sites for hydroxylation is 1. The lowest BCUT2D eigenvalue weighted by Gasteiger charge is -2.33. The van der Waals surface area contributed by atoms with Gasteiger partial charge in [0, 0.05) is 57.9 Å². The van der Waals surface area contributed by atoms with E-state index in [4.69, 9.17) is 6.57 Å². The van der Waals surface area contributed by atoms with E-state index in [1.165, 1.54) is 4.31 Å². The molecule has 3 aromatic rings. The highest BCUT2D eigenvalue weighted by atomic mass is 32.2. The standard InChI is InChI=1S/C25H29N5O2S/c1-26-22-12-13-25-21(16-22)17-30(33(31,32)27(2)3)24(15-20-9-6-5-7-10-20)19-29(25)18-23-11-8-14-28(23)4/h5-14,16,24H,15,17-19H2,2-4H3/t24-/m1/s1. The van der Waals surface area contributed by atoms with Crippen molar-refractivity contribution in [1.82, 2.24) is 13.2 Å². The van der Waals surface area contributed by atoms with Crippen molar-refractivity contribution in [2.75, 3.05) is 25.5 Å². The van der Waals surface area contributed by atoms with E-state index in [1.807, 2.05) is 67.8 Å². The Morgan fingerprint density at radius 3 is 2.48 bits per heavy atom. The minimum Gasteiger partial charge on any atom is -0.364 e. The van der Waals surface area contributed by atoms with Crippen LogP contribution in [0.3, 0.4) is 0 Å². The molecule has 2 aromatic carbocycles. The van der Waals surface area contributed by atoms with Crippen LogP contribution in [0.1, 0.15) is 16.8 Å². The number of hydrogen-bond donors (Lipinski definition) is 0. The normalized spacial score (nSPS) is 16.9. The van der Waals surface area contributed by atoms with Crippen molar-refractivity contribution in [2.45, 2.75) is 25.6 Å². The van der Waals surface area contributed by atoms with Gasteiger partial charge in [0.25, 0.3) is 10.2 Å². The zero-order valence-corrected chi connectivity index (χ0v) is 20.0. The van der Waals surface area contributed by atoms with Crippen molar-refractivity contribution in [1.29, 1.82) is 0 Å². The number of anilines is 1. The molecule has 1 aliphatic heterocycles. The van der Waals surface area contributed by atoms with E-state index in [-0.39, 0.29) is 12.6 Å². The van der Waals surface area contributed by atoms with E-state index in [0.717, 1.165) is 22.5 Å². The van der Waals surface area contributed by atoms with Gasteiger partial charge in [-0.05, 0) is 41.8 Å². The minimum absolute atomic E-state index is 0.223. The zero-order valence-electron chi connectivity index (χ0n) is 19.2. The Balaban J connectivity index is 1.82. The molecule has 0 aliphatic carbocycles. The summed E-state index contributed by atoms with van der Waals surface area (Å²) in [5.41, 5.74) is 4.55. The van der Waals surface area contributed by atoms with E-state index >= 15 is 0 Å². The fourth-order valence-corrected chi connectivity index (χ4v) is 5.60. The number of benzene rings is 2. The second kappa shape index (κ2) is 9.40. The van der Waals surface area contributed by atoms with Gasteiger partial charge in [-0.25, -0.2) is 4.85 Å². The zero-order chi connectivity index (χ0) is 23.6.